The molecule has 1 saturated heterocycles. The van der Waals surface area contributed by atoms with Crippen molar-refractivity contribution in [2.45, 2.75) is 18.9 Å². The quantitative estimate of drug-likeness (QED) is 0.358. The molecule has 4 heteroatoms. The van der Waals surface area contributed by atoms with Crippen LogP contribution in [0.2, 0.25) is 0 Å². The minimum Gasteiger partial charge on any atom is -0.460 e. The lowest BCUT2D eigenvalue weighted by atomic mass is 10.2. The molecule has 13 heavy (non-hydrogen) atoms. The molecule has 1 aliphatic rings. The third-order valence-electron chi connectivity index (χ3n) is 2.05. The fourth-order valence-corrected chi connectivity index (χ4v) is 1.41. The van der Waals surface area contributed by atoms with E-state index < -0.39 is 0 Å². The third kappa shape index (κ3) is 2.31. The van der Waals surface area contributed by atoms with E-state index in [2.05, 4.69) is 6.58 Å². The van der Waals surface area contributed by atoms with Crippen molar-refractivity contribution in [3.05, 3.63) is 12.7 Å². The predicted octanol–water partition coefficient (Wildman–Crippen LogP) is 0.336. The fraction of sp³-hybridized carbons (Fsp3) is 0.556. The van der Waals surface area contributed by atoms with E-state index in [1.165, 1.54) is 11.0 Å². The average molecular weight is 183 g/mol. The third-order valence-corrected chi connectivity index (χ3v) is 2.05. The average Bonchev–Trinajstić information content (AvgIpc) is 2.61. The van der Waals surface area contributed by atoms with Crippen molar-refractivity contribution in [1.82, 2.24) is 4.90 Å². The molecule has 1 atom stereocenters. The number of carbonyl (C=O) groups excluding carboxylic acids is 2. The van der Waals surface area contributed by atoms with Crippen molar-refractivity contribution < 1.29 is 14.3 Å². The zero-order chi connectivity index (χ0) is 9.68. The zero-order valence-electron chi connectivity index (χ0n) is 7.44. The summed E-state index contributed by atoms with van der Waals surface area (Å²) in [5.74, 6) is -0.329. The van der Waals surface area contributed by atoms with Gasteiger partial charge in [0.25, 0.3) is 0 Å². The van der Waals surface area contributed by atoms with Crippen molar-refractivity contribution in [1.29, 1.82) is 0 Å². The predicted molar refractivity (Wildman–Crippen MR) is 46.9 cm³/mol. The van der Waals surface area contributed by atoms with E-state index in [0.717, 1.165) is 6.42 Å². The number of likely N-dealkylation sites (tertiary alicyclic amines) is 1. The SMILES string of the molecule is C=CCOC(=O)C1CCCN1C=O. The summed E-state index contributed by atoms with van der Waals surface area (Å²) in [7, 11) is 0. The first-order valence-electron chi connectivity index (χ1n) is 4.28. The van der Waals surface area contributed by atoms with Gasteiger partial charge in [0.05, 0.1) is 0 Å². The maximum absolute atomic E-state index is 11.3. The van der Waals surface area contributed by atoms with Crippen LogP contribution in [0, 0.1) is 0 Å². The molecule has 0 saturated carbocycles. The highest BCUT2D eigenvalue weighted by atomic mass is 16.5. The molecule has 0 aliphatic carbocycles. The highest BCUT2D eigenvalue weighted by Gasteiger charge is 2.30. The van der Waals surface area contributed by atoms with E-state index in [4.69, 9.17) is 4.74 Å². The molecule has 0 N–H and O–H groups in total. The number of nitrogens with zero attached hydrogens (tertiary/aromatic N) is 1. The lowest BCUT2D eigenvalue weighted by Crippen LogP contribution is -2.36. The van der Waals surface area contributed by atoms with Crippen LogP contribution >= 0.6 is 0 Å². The first-order chi connectivity index (χ1) is 6.29. The van der Waals surface area contributed by atoms with Gasteiger partial charge in [0, 0.05) is 6.54 Å². The molecular weight excluding hydrogens is 170 g/mol. The molecule has 0 aromatic rings. The second-order valence-corrected chi connectivity index (χ2v) is 2.92. The second-order valence-electron chi connectivity index (χ2n) is 2.92. The lowest BCUT2D eigenvalue weighted by Gasteiger charge is -2.17. The van der Waals surface area contributed by atoms with Crippen molar-refractivity contribution in [3.63, 3.8) is 0 Å². The fourth-order valence-electron chi connectivity index (χ4n) is 1.41. The summed E-state index contributed by atoms with van der Waals surface area (Å²) in [6.45, 7) is 4.30. The number of esters is 1. The largest absolute Gasteiger partial charge is 0.460 e. The number of ether oxygens (including phenoxy) is 1. The van der Waals surface area contributed by atoms with Gasteiger partial charge >= 0.3 is 5.97 Å². The molecule has 1 amide bonds. The molecule has 0 aromatic carbocycles. The van der Waals surface area contributed by atoms with E-state index in [-0.39, 0.29) is 18.6 Å². The van der Waals surface area contributed by atoms with Crippen LogP contribution in [0.25, 0.3) is 0 Å². The number of carbonyl (C=O) groups is 2. The van der Waals surface area contributed by atoms with Gasteiger partial charge in [-0.3, -0.25) is 4.79 Å². The van der Waals surface area contributed by atoms with Gasteiger partial charge in [0.1, 0.15) is 12.6 Å². The van der Waals surface area contributed by atoms with Crippen molar-refractivity contribution in [3.8, 4) is 0 Å². The van der Waals surface area contributed by atoms with Gasteiger partial charge in [-0.2, -0.15) is 0 Å². The molecule has 0 bridgehead atoms. The molecule has 0 aromatic heterocycles. The van der Waals surface area contributed by atoms with Gasteiger partial charge in [-0.25, -0.2) is 4.79 Å². The Balaban J connectivity index is 2.44. The first-order valence-corrected chi connectivity index (χ1v) is 4.28. The Morgan fingerprint density at radius 3 is 3.08 bits per heavy atom. The van der Waals surface area contributed by atoms with Crippen molar-refractivity contribution >= 4 is 12.4 Å². The Bertz CT molecular complexity index is 215. The molecule has 1 heterocycles. The van der Waals surface area contributed by atoms with Crippen molar-refractivity contribution in [2.24, 2.45) is 0 Å². The summed E-state index contributed by atoms with van der Waals surface area (Å²) in [5.41, 5.74) is 0. The summed E-state index contributed by atoms with van der Waals surface area (Å²) in [6.07, 6.45) is 3.78. The van der Waals surface area contributed by atoms with Crippen LogP contribution in [0.1, 0.15) is 12.8 Å². The minimum atomic E-state index is -0.377. The standard InChI is InChI=1S/C9H13NO3/c1-2-6-13-9(12)8-4-3-5-10(8)7-11/h2,7-8H,1,3-6H2. The highest BCUT2D eigenvalue weighted by molar-refractivity contribution is 5.78. The Morgan fingerprint density at radius 2 is 2.46 bits per heavy atom. The summed E-state index contributed by atoms with van der Waals surface area (Å²) in [5, 5.41) is 0. The van der Waals surface area contributed by atoms with Crippen molar-refractivity contribution in [2.75, 3.05) is 13.2 Å². The normalized spacial score (nSPS) is 21.2. The van der Waals surface area contributed by atoms with Crippen LogP contribution in [0.3, 0.4) is 0 Å². The minimum absolute atomic E-state index is 0.210. The van der Waals surface area contributed by atoms with Crippen LogP contribution in [0.5, 0.6) is 0 Å². The number of hydrogen-bond acceptors (Lipinski definition) is 3. The monoisotopic (exact) mass is 183 g/mol. The highest BCUT2D eigenvalue weighted by Crippen LogP contribution is 2.16. The summed E-state index contributed by atoms with van der Waals surface area (Å²) < 4.78 is 4.85. The molecular formula is C9H13NO3. The Labute approximate surface area is 77.2 Å². The van der Waals surface area contributed by atoms with E-state index in [1.54, 1.807) is 0 Å². The maximum Gasteiger partial charge on any atom is 0.329 e. The Morgan fingerprint density at radius 1 is 1.69 bits per heavy atom. The number of hydrogen-bond donors (Lipinski definition) is 0. The van der Waals surface area contributed by atoms with Gasteiger partial charge in [-0.1, -0.05) is 12.7 Å². The smallest absolute Gasteiger partial charge is 0.329 e. The lowest BCUT2D eigenvalue weighted by molar-refractivity contribution is -0.149. The maximum atomic E-state index is 11.3. The van der Waals surface area contributed by atoms with Gasteiger partial charge in [0.2, 0.25) is 6.41 Å². The number of rotatable bonds is 4. The Hall–Kier alpha value is -1.32. The van der Waals surface area contributed by atoms with Crippen LogP contribution in [0.15, 0.2) is 12.7 Å². The molecule has 1 aliphatic heterocycles. The topological polar surface area (TPSA) is 46.6 Å². The number of amides is 1. The second kappa shape index (κ2) is 4.64. The van der Waals surface area contributed by atoms with E-state index in [0.29, 0.717) is 19.4 Å². The summed E-state index contributed by atoms with van der Waals surface area (Å²) in [6, 6.07) is -0.377. The van der Waals surface area contributed by atoms with Gasteiger partial charge in [0.15, 0.2) is 0 Å². The van der Waals surface area contributed by atoms with E-state index >= 15 is 0 Å². The van der Waals surface area contributed by atoms with Crippen LogP contribution < -0.4 is 0 Å². The molecule has 72 valence electrons. The van der Waals surface area contributed by atoms with Crippen LogP contribution in [-0.4, -0.2) is 36.5 Å². The van der Waals surface area contributed by atoms with Gasteiger partial charge in [-0.05, 0) is 12.8 Å². The molecule has 4 nitrogen and oxygen atoms in total. The zero-order valence-corrected chi connectivity index (χ0v) is 7.44. The van der Waals surface area contributed by atoms with Crippen LogP contribution in [0.4, 0.5) is 0 Å². The molecule has 0 radical (unpaired) electrons. The van der Waals surface area contributed by atoms with E-state index in [9.17, 15) is 9.59 Å². The van der Waals surface area contributed by atoms with Crippen LogP contribution in [-0.2, 0) is 14.3 Å². The summed E-state index contributed by atoms with van der Waals surface area (Å²) in [4.78, 5) is 23.3. The summed E-state index contributed by atoms with van der Waals surface area (Å²) >= 11 is 0. The molecule has 1 rings (SSSR count). The first kappa shape index (κ1) is 9.77. The van der Waals surface area contributed by atoms with Gasteiger partial charge < -0.3 is 9.64 Å². The van der Waals surface area contributed by atoms with Gasteiger partial charge in [-0.15, -0.1) is 0 Å². The Kier molecular flexibility index (Phi) is 3.49. The van der Waals surface area contributed by atoms with E-state index in [1.807, 2.05) is 0 Å². The molecule has 0 spiro atoms. The molecule has 1 unspecified atom stereocenters. The molecule has 1 fully saturated rings.